The van der Waals surface area contributed by atoms with Crippen LogP contribution in [-0.4, -0.2) is 39.9 Å². The maximum Gasteiger partial charge on any atom is 0.0534 e. The van der Waals surface area contributed by atoms with Gasteiger partial charge in [0.1, 0.15) is 0 Å². The predicted octanol–water partition coefficient (Wildman–Crippen LogP) is 2.50. The number of hydrogen-bond acceptors (Lipinski definition) is 3. The van der Waals surface area contributed by atoms with Crippen LogP contribution in [0.1, 0.15) is 46.1 Å². The van der Waals surface area contributed by atoms with Crippen molar-refractivity contribution in [3.63, 3.8) is 0 Å². The summed E-state index contributed by atoms with van der Waals surface area (Å²) < 4.78 is 2.02. The average Bonchev–Trinajstić information content (AvgIpc) is 2.94. The molecule has 0 radical (unpaired) electrons. The van der Waals surface area contributed by atoms with E-state index < -0.39 is 0 Å². The van der Waals surface area contributed by atoms with Crippen LogP contribution >= 0.6 is 0 Å². The molecule has 0 saturated carbocycles. The van der Waals surface area contributed by atoms with Crippen molar-refractivity contribution in [3.05, 3.63) is 18.0 Å². The second-order valence-electron chi connectivity index (χ2n) is 6.10. The Hall–Kier alpha value is -0.870. The third-order valence-electron chi connectivity index (χ3n) is 4.73. The molecule has 0 bridgehead atoms. The summed E-state index contributed by atoms with van der Waals surface area (Å²) in [6.07, 6.45) is 6.67. The lowest BCUT2D eigenvalue weighted by Crippen LogP contribution is -2.57. The number of hydrogen-bond donors (Lipinski definition) is 1. The van der Waals surface area contributed by atoms with Gasteiger partial charge in [0.2, 0.25) is 0 Å². The van der Waals surface area contributed by atoms with Crippen molar-refractivity contribution in [1.82, 2.24) is 20.0 Å². The van der Waals surface area contributed by atoms with Crippen LogP contribution in [-0.2, 0) is 13.1 Å². The van der Waals surface area contributed by atoms with Gasteiger partial charge in [0, 0.05) is 50.0 Å². The molecule has 20 heavy (non-hydrogen) atoms. The van der Waals surface area contributed by atoms with Gasteiger partial charge in [-0.15, -0.1) is 0 Å². The zero-order valence-corrected chi connectivity index (χ0v) is 13.5. The van der Waals surface area contributed by atoms with Gasteiger partial charge < -0.3 is 5.32 Å². The minimum atomic E-state index is 0.636. The molecule has 1 fully saturated rings. The lowest BCUT2D eigenvalue weighted by Gasteiger charge is -2.42. The van der Waals surface area contributed by atoms with E-state index in [9.17, 15) is 0 Å². The molecule has 4 heteroatoms. The lowest BCUT2D eigenvalue weighted by molar-refractivity contribution is 0.0832. The topological polar surface area (TPSA) is 33.1 Å². The van der Waals surface area contributed by atoms with Crippen LogP contribution < -0.4 is 5.32 Å². The van der Waals surface area contributed by atoms with Crippen molar-refractivity contribution < 1.29 is 0 Å². The van der Waals surface area contributed by atoms with Crippen LogP contribution in [0, 0.1) is 5.92 Å². The summed E-state index contributed by atoms with van der Waals surface area (Å²) in [5.41, 5.74) is 1.34. The number of rotatable bonds is 6. The highest BCUT2D eigenvalue weighted by Crippen LogP contribution is 2.21. The zero-order chi connectivity index (χ0) is 14.5. The highest BCUT2D eigenvalue weighted by molar-refractivity contribution is 5.05. The molecule has 2 rings (SSSR count). The average molecular weight is 278 g/mol. The van der Waals surface area contributed by atoms with Gasteiger partial charge in [-0.2, -0.15) is 5.10 Å². The highest BCUT2D eigenvalue weighted by atomic mass is 15.3. The summed E-state index contributed by atoms with van der Waals surface area (Å²) in [5.74, 6) is 0.738. The van der Waals surface area contributed by atoms with E-state index in [2.05, 4.69) is 49.2 Å². The normalized spacial score (nSPS) is 25.8. The number of nitrogens with zero attached hydrogens (tertiary/aromatic N) is 3. The fourth-order valence-corrected chi connectivity index (χ4v) is 3.08. The molecule has 1 N–H and O–H groups in total. The molecule has 1 aromatic rings. The van der Waals surface area contributed by atoms with Crippen molar-refractivity contribution in [2.24, 2.45) is 5.92 Å². The highest BCUT2D eigenvalue weighted by Gasteiger charge is 2.30. The van der Waals surface area contributed by atoms with E-state index >= 15 is 0 Å². The third kappa shape index (κ3) is 3.61. The van der Waals surface area contributed by atoms with E-state index in [1.165, 1.54) is 18.4 Å². The second-order valence-corrected chi connectivity index (χ2v) is 6.10. The monoisotopic (exact) mass is 278 g/mol. The Morgan fingerprint density at radius 3 is 2.80 bits per heavy atom. The molecule has 0 aliphatic carbocycles. The van der Waals surface area contributed by atoms with E-state index in [-0.39, 0.29) is 0 Å². The molecule has 1 saturated heterocycles. The molecule has 1 aliphatic heterocycles. The van der Waals surface area contributed by atoms with E-state index in [1.54, 1.807) is 0 Å². The largest absolute Gasteiger partial charge is 0.311 e. The van der Waals surface area contributed by atoms with Crippen LogP contribution in [0.5, 0.6) is 0 Å². The van der Waals surface area contributed by atoms with Crippen molar-refractivity contribution in [2.75, 3.05) is 13.1 Å². The van der Waals surface area contributed by atoms with Gasteiger partial charge in [-0.3, -0.25) is 9.58 Å². The standard InChI is InChI=1S/C16H30N4/c1-5-13(4)16-9-17-15(6-2)12-19(16)10-14-8-18-20(7-3)11-14/h8,11,13,15-17H,5-7,9-10,12H2,1-4H3. The van der Waals surface area contributed by atoms with Crippen LogP contribution in [0.4, 0.5) is 0 Å². The summed E-state index contributed by atoms with van der Waals surface area (Å²) >= 11 is 0. The summed E-state index contributed by atoms with van der Waals surface area (Å²) in [6.45, 7) is 13.3. The molecular weight excluding hydrogens is 248 g/mol. The van der Waals surface area contributed by atoms with E-state index in [0.717, 1.165) is 32.1 Å². The Bertz CT molecular complexity index is 401. The van der Waals surface area contributed by atoms with Gasteiger partial charge in [-0.05, 0) is 19.3 Å². The molecule has 3 atom stereocenters. The molecule has 1 aromatic heterocycles. The van der Waals surface area contributed by atoms with Crippen LogP contribution in [0.25, 0.3) is 0 Å². The molecule has 2 heterocycles. The van der Waals surface area contributed by atoms with Gasteiger partial charge in [-0.25, -0.2) is 0 Å². The molecule has 4 nitrogen and oxygen atoms in total. The first-order valence-electron chi connectivity index (χ1n) is 8.16. The van der Waals surface area contributed by atoms with Crippen molar-refractivity contribution in [2.45, 2.75) is 65.7 Å². The zero-order valence-electron chi connectivity index (χ0n) is 13.5. The quantitative estimate of drug-likeness (QED) is 0.868. The summed E-state index contributed by atoms with van der Waals surface area (Å²) in [6, 6.07) is 1.28. The number of aromatic nitrogens is 2. The first-order chi connectivity index (χ1) is 9.67. The Balaban J connectivity index is 2.05. The minimum Gasteiger partial charge on any atom is -0.311 e. The molecule has 1 aliphatic rings. The third-order valence-corrected chi connectivity index (χ3v) is 4.73. The van der Waals surface area contributed by atoms with Gasteiger partial charge >= 0.3 is 0 Å². The molecule has 3 unspecified atom stereocenters. The van der Waals surface area contributed by atoms with Gasteiger partial charge in [0.05, 0.1) is 6.20 Å². The summed E-state index contributed by atoms with van der Waals surface area (Å²) in [7, 11) is 0. The van der Waals surface area contributed by atoms with Crippen LogP contribution in [0.3, 0.4) is 0 Å². The fraction of sp³-hybridized carbons (Fsp3) is 0.812. The van der Waals surface area contributed by atoms with Crippen molar-refractivity contribution >= 4 is 0 Å². The predicted molar refractivity (Wildman–Crippen MR) is 83.6 cm³/mol. The van der Waals surface area contributed by atoms with E-state index in [4.69, 9.17) is 0 Å². The Morgan fingerprint density at radius 2 is 2.20 bits per heavy atom. The number of aryl methyl sites for hydroxylation is 1. The van der Waals surface area contributed by atoms with Gasteiger partial charge in [-0.1, -0.05) is 27.2 Å². The van der Waals surface area contributed by atoms with Crippen molar-refractivity contribution in [1.29, 1.82) is 0 Å². The van der Waals surface area contributed by atoms with Gasteiger partial charge in [0.15, 0.2) is 0 Å². The Morgan fingerprint density at radius 1 is 1.40 bits per heavy atom. The second kappa shape index (κ2) is 7.23. The molecule has 0 spiro atoms. The molecule has 114 valence electrons. The maximum atomic E-state index is 4.40. The fourth-order valence-electron chi connectivity index (χ4n) is 3.08. The smallest absolute Gasteiger partial charge is 0.0534 e. The van der Waals surface area contributed by atoms with Gasteiger partial charge in [0.25, 0.3) is 0 Å². The van der Waals surface area contributed by atoms with Crippen molar-refractivity contribution in [3.8, 4) is 0 Å². The first-order valence-corrected chi connectivity index (χ1v) is 8.16. The number of piperazine rings is 1. The number of nitrogens with one attached hydrogen (secondary N) is 1. The molecule has 0 amide bonds. The Kier molecular flexibility index (Phi) is 5.61. The molecular formula is C16H30N4. The lowest BCUT2D eigenvalue weighted by atomic mass is 9.93. The summed E-state index contributed by atoms with van der Waals surface area (Å²) in [4.78, 5) is 2.66. The first kappa shape index (κ1) is 15.5. The Labute approximate surface area is 123 Å². The van der Waals surface area contributed by atoms with Crippen LogP contribution in [0.15, 0.2) is 12.4 Å². The maximum absolute atomic E-state index is 4.40. The SMILES string of the molecule is CCC1CN(Cc2cnn(CC)c2)C(C(C)CC)CN1. The molecule has 0 aromatic carbocycles. The summed E-state index contributed by atoms with van der Waals surface area (Å²) in [5, 5.41) is 8.11. The van der Waals surface area contributed by atoms with E-state index in [1.807, 2.05) is 10.9 Å². The van der Waals surface area contributed by atoms with Crippen LogP contribution in [0.2, 0.25) is 0 Å². The van der Waals surface area contributed by atoms with E-state index in [0.29, 0.717) is 12.1 Å². The minimum absolute atomic E-state index is 0.636.